The van der Waals surface area contributed by atoms with Crippen LogP contribution in [0.2, 0.25) is 0 Å². The number of carbonyl (C=O) groups excluding carboxylic acids is 2. The molecule has 4 rings (SSSR count). The van der Waals surface area contributed by atoms with Crippen LogP contribution in [-0.4, -0.2) is 45.7 Å². The number of alkyl halides is 3. The molecule has 1 aliphatic rings. The molecule has 1 aromatic carbocycles. The Morgan fingerprint density at radius 2 is 1.85 bits per heavy atom. The number of anilines is 2. The number of carbonyl (C=O) groups is 2. The van der Waals surface area contributed by atoms with Gasteiger partial charge in [0.1, 0.15) is 17.2 Å². The van der Waals surface area contributed by atoms with Crippen LogP contribution in [0.5, 0.6) is 5.75 Å². The minimum Gasteiger partial charge on any atom is -0.407 e. The van der Waals surface area contributed by atoms with E-state index in [4.69, 9.17) is 9.47 Å². The topological polar surface area (TPSA) is 127 Å². The summed E-state index contributed by atoms with van der Waals surface area (Å²) < 4.78 is 63.8. The molecule has 14 heteroatoms. The van der Waals surface area contributed by atoms with Gasteiger partial charge in [0.25, 0.3) is 0 Å². The number of amides is 2. The van der Waals surface area contributed by atoms with Crippen LogP contribution in [0.25, 0.3) is 0 Å². The quantitative estimate of drug-likeness (QED) is 0.379. The van der Waals surface area contributed by atoms with E-state index in [-0.39, 0.29) is 43.3 Å². The molecular weight excluding hydrogens is 524 g/mol. The van der Waals surface area contributed by atoms with E-state index in [1.54, 1.807) is 19.9 Å². The molecule has 2 aromatic heterocycles. The first-order chi connectivity index (χ1) is 18.4. The van der Waals surface area contributed by atoms with Crippen molar-refractivity contribution in [1.82, 2.24) is 25.6 Å². The number of nitrogens with one attached hydrogen (secondary N) is 3. The smallest absolute Gasteiger partial charge is 0.407 e. The second kappa shape index (κ2) is 11.2. The molecule has 39 heavy (non-hydrogen) atoms. The molecule has 3 heterocycles. The Morgan fingerprint density at radius 3 is 2.49 bits per heavy atom. The van der Waals surface area contributed by atoms with Crippen LogP contribution in [0.4, 0.5) is 33.7 Å². The summed E-state index contributed by atoms with van der Waals surface area (Å²) in [6.07, 6.45) is -1.49. The van der Waals surface area contributed by atoms with Crippen LogP contribution >= 0.6 is 0 Å². The molecule has 1 fully saturated rings. The number of ether oxygens (including phenoxy) is 2. The van der Waals surface area contributed by atoms with Crippen molar-refractivity contribution < 1.29 is 36.6 Å². The van der Waals surface area contributed by atoms with Gasteiger partial charge in [0, 0.05) is 13.0 Å². The van der Waals surface area contributed by atoms with Crippen molar-refractivity contribution in [2.24, 2.45) is 0 Å². The zero-order valence-electron chi connectivity index (χ0n) is 20.9. The molecule has 3 aromatic rings. The third kappa shape index (κ3) is 6.76. The predicted molar refractivity (Wildman–Crippen MR) is 130 cm³/mol. The Hall–Kier alpha value is -4.33. The van der Waals surface area contributed by atoms with Gasteiger partial charge in [-0.1, -0.05) is 0 Å². The largest absolute Gasteiger partial charge is 0.418 e. The molecule has 0 spiro atoms. The van der Waals surface area contributed by atoms with E-state index in [1.807, 2.05) is 0 Å². The molecule has 0 saturated carbocycles. The standard InChI is InChI=1S/C25H24F4N6O4/c1-14-7-17(34-20-4-3-16(26)8-19(20)25(27,28)29)9-32-21(14)12-33-22(36)24(5-6-38-13-24)35-23(37)39-18-10-30-15(2)31-11-18/h3-4,7-11,34H,5-6,12-13H2,1-2H3,(H,33,36)(H,35,37)/t24-/m0/s1. The fourth-order valence-corrected chi connectivity index (χ4v) is 3.87. The third-order valence-corrected chi connectivity index (χ3v) is 5.93. The first-order valence-electron chi connectivity index (χ1n) is 11.7. The molecule has 0 radical (unpaired) electrons. The van der Waals surface area contributed by atoms with Crippen LogP contribution in [0, 0.1) is 19.7 Å². The Morgan fingerprint density at radius 1 is 1.10 bits per heavy atom. The number of halogens is 4. The molecule has 3 N–H and O–H groups in total. The van der Waals surface area contributed by atoms with Gasteiger partial charge in [-0.3, -0.25) is 9.78 Å². The lowest BCUT2D eigenvalue weighted by Crippen LogP contribution is -2.59. The van der Waals surface area contributed by atoms with Gasteiger partial charge in [-0.2, -0.15) is 13.2 Å². The highest BCUT2D eigenvalue weighted by molar-refractivity contribution is 5.90. The Bertz CT molecular complexity index is 1360. The van der Waals surface area contributed by atoms with Crippen LogP contribution in [0.15, 0.2) is 42.9 Å². The maximum absolute atomic E-state index is 13.4. The molecule has 1 atom stereocenters. The maximum Gasteiger partial charge on any atom is 0.418 e. The van der Waals surface area contributed by atoms with Gasteiger partial charge in [0.05, 0.1) is 54.4 Å². The number of hydrogen-bond donors (Lipinski definition) is 3. The molecule has 1 aliphatic heterocycles. The normalized spacial score (nSPS) is 17.0. The average molecular weight is 548 g/mol. The van der Waals surface area contributed by atoms with Crippen molar-refractivity contribution in [1.29, 1.82) is 0 Å². The van der Waals surface area contributed by atoms with Gasteiger partial charge in [-0.05, 0) is 43.7 Å². The average Bonchev–Trinajstić information content (AvgIpc) is 3.35. The van der Waals surface area contributed by atoms with E-state index in [0.717, 1.165) is 12.1 Å². The van der Waals surface area contributed by atoms with Gasteiger partial charge >= 0.3 is 12.3 Å². The van der Waals surface area contributed by atoms with Crippen molar-refractivity contribution in [3.8, 4) is 5.75 Å². The summed E-state index contributed by atoms with van der Waals surface area (Å²) in [4.78, 5) is 37.7. The Labute approximate surface area is 220 Å². The summed E-state index contributed by atoms with van der Waals surface area (Å²) >= 11 is 0. The second-order valence-corrected chi connectivity index (χ2v) is 8.85. The summed E-state index contributed by atoms with van der Waals surface area (Å²) in [6.45, 7) is 3.48. The summed E-state index contributed by atoms with van der Waals surface area (Å²) in [5.74, 6) is -0.937. The lowest BCUT2D eigenvalue weighted by Gasteiger charge is -2.27. The lowest BCUT2D eigenvalue weighted by molar-refractivity contribution is -0.137. The van der Waals surface area contributed by atoms with Crippen molar-refractivity contribution in [3.05, 3.63) is 71.3 Å². The zero-order valence-corrected chi connectivity index (χ0v) is 20.9. The highest BCUT2D eigenvalue weighted by atomic mass is 19.4. The van der Waals surface area contributed by atoms with Gasteiger partial charge in [-0.15, -0.1) is 0 Å². The van der Waals surface area contributed by atoms with Gasteiger partial charge in [0.15, 0.2) is 5.75 Å². The number of hydrogen-bond acceptors (Lipinski definition) is 8. The van der Waals surface area contributed by atoms with Crippen molar-refractivity contribution in [2.75, 3.05) is 18.5 Å². The van der Waals surface area contributed by atoms with E-state index in [2.05, 4.69) is 30.9 Å². The number of aromatic nitrogens is 3. The van der Waals surface area contributed by atoms with Gasteiger partial charge in [0.2, 0.25) is 5.91 Å². The monoisotopic (exact) mass is 548 g/mol. The Kier molecular flexibility index (Phi) is 7.95. The molecule has 1 saturated heterocycles. The summed E-state index contributed by atoms with van der Waals surface area (Å²) in [7, 11) is 0. The number of benzene rings is 1. The minimum atomic E-state index is -4.76. The molecule has 0 aliphatic carbocycles. The van der Waals surface area contributed by atoms with Crippen LogP contribution in [0.3, 0.4) is 0 Å². The number of aryl methyl sites for hydroxylation is 2. The zero-order chi connectivity index (χ0) is 28.2. The van der Waals surface area contributed by atoms with Gasteiger partial charge in [-0.25, -0.2) is 19.2 Å². The summed E-state index contributed by atoms with van der Waals surface area (Å²) in [6, 6.07) is 3.87. The third-order valence-electron chi connectivity index (χ3n) is 5.93. The summed E-state index contributed by atoms with van der Waals surface area (Å²) in [5.41, 5.74) is -1.61. The minimum absolute atomic E-state index is 0.0282. The number of pyridine rings is 1. The molecular formula is C25H24F4N6O4. The summed E-state index contributed by atoms with van der Waals surface area (Å²) in [5, 5.41) is 7.89. The fourth-order valence-electron chi connectivity index (χ4n) is 3.87. The lowest BCUT2D eigenvalue weighted by atomic mass is 9.97. The number of rotatable bonds is 7. The van der Waals surface area contributed by atoms with E-state index in [0.29, 0.717) is 23.1 Å². The van der Waals surface area contributed by atoms with Gasteiger partial charge < -0.3 is 25.4 Å². The highest BCUT2D eigenvalue weighted by Crippen LogP contribution is 2.36. The van der Waals surface area contributed by atoms with E-state index < -0.39 is 35.1 Å². The molecule has 206 valence electrons. The second-order valence-electron chi connectivity index (χ2n) is 8.85. The predicted octanol–water partition coefficient (Wildman–Crippen LogP) is 3.95. The SMILES string of the molecule is Cc1ncc(OC(=O)N[C@@]2(C(=O)NCc3ncc(Nc4ccc(F)cc4C(F)(F)F)cc3C)CCOC2)cn1. The van der Waals surface area contributed by atoms with E-state index >= 15 is 0 Å². The Balaban J connectivity index is 1.40. The number of nitrogens with zero attached hydrogens (tertiary/aromatic N) is 3. The van der Waals surface area contributed by atoms with Crippen LogP contribution in [-0.2, 0) is 22.3 Å². The molecule has 2 amide bonds. The maximum atomic E-state index is 13.4. The van der Waals surface area contributed by atoms with Crippen molar-refractivity contribution >= 4 is 23.4 Å². The fraction of sp³-hybridized carbons (Fsp3) is 0.320. The van der Waals surface area contributed by atoms with E-state index in [1.165, 1.54) is 18.6 Å². The highest BCUT2D eigenvalue weighted by Gasteiger charge is 2.44. The van der Waals surface area contributed by atoms with Crippen molar-refractivity contribution in [3.63, 3.8) is 0 Å². The van der Waals surface area contributed by atoms with Crippen LogP contribution < -0.4 is 20.7 Å². The molecule has 0 bridgehead atoms. The first kappa shape index (κ1) is 27.7. The molecule has 10 nitrogen and oxygen atoms in total. The van der Waals surface area contributed by atoms with E-state index in [9.17, 15) is 27.2 Å². The van der Waals surface area contributed by atoms with Crippen LogP contribution in [0.1, 0.15) is 29.1 Å². The molecule has 0 unspecified atom stereocenters. The van der Waals surface area contributed by atoms with Crippen molar-refractivity contribution in [2.45, 2.75) is 38.5 Å². The first-order valence-corrected chi connectivity index (χ1v) is 11.7.